The number of methoxy groups -OCH3 is 1. The minimum atomic E-state index is 0.172. The summed E-state index contributed by atoms with van der Waals surface area (Å²) in [5.74, 6) is 1.08. The van der Waals surface area contributed by atoms with Gasteiger partial charge in [0.15, 0.2) is 0 Å². The molecule has 0 aliphatic rings. The van der Waals surface area contributed by atoms with Crippen LogP contribution in [0.3, 0.4) is 0 Å². The molecule has 0 bridgehead atoms. The molecule has 4 heteroatoms. The third-order valence-corrected chi connectivity index (χ3v) is 2.93. The predicted molar refractivity (Wildman–Crippen MR) is 65.3 cm³/mol. The van der Waals surface area contributed by atoms with Gasteiger partial charge in [-0.25, -0.2) is 4.98 Å². The van der Waals surface area contributed by atoms with E-state index >= 15 is 0 Å². The van der Waals surface area contributed by atoms with Gasteiger partial charge in [-0.15, -0.1) is 0 Å². The van der Waals surface area contributed by atoms with E-state index in [1.54, 1.807) is 7.11 Å². The fourth-order valence-electron chi connectivity index (χ4n) is 1.72. The summed E-state index contributed by atoms with van der Waals surface area (Å²) in [5.41, 5.74) is 6.08. The first kappa shape index (κ1) is 13.2. The highest BCUT2D eigenvalue weighted by atomic mass is 16.5. The Balaban J connectivity index is 2.36. The molecule has 0 saturated heterocycles. The van der Waals surface area contributed by atoms with Gasteiger partial charge in [-0.1, -0.05) is 0 Å². The zero-order valence-corrected chi connectivity index (χ0v) is 10.5. The molecule has 92 valence electrons. The minimum absolute atomic E-state index is 0.172. The van der Waals surface area contributed by atoms with Gasteiger partial charge in [0.1, 0.15) is 5.82 Å². The summed E-state index contributed by atoms with van der Waals surface area (Å²) >= 11 is 0. The lowest BCUT2D eigenvalue weighted by molar-refractivity contribution is 0.107. The number of aryl methyl sites for hydroxylation is 1. The zero-order chi connectivity index (χ0) is 12.0. The fraction of sp³-hybridized carbons (Fsp3) is 0.750. The van der Waals surface area contributed by atoms with E-state index in [2.05, 4.69) is 23.4 Å². The van der Waals surface area contributed by atoms with E-state index in [9.17, 15) is 0 Å². The van der Waals surface area contributed by atoms with Gasteiger partial charge >= 0.3 is 0 Å². The van der Waals surface area contributed by atoms with Crippen molar-refractivity contribution in [2.75, 3.05) is 7.11 Å². The number of imidazole rings is 1. The quantitative estimate of drug-likeness (QED) is 0.766. The van der Waals surface area contributed by atoms with Gasteiger partial charge in [0.2, 0.25) is 0 Å². The van der Waals surface area contributed by atoms with Crippen LogP contribution in [-0.4, -0.2) is 28.8 Å². The van der Waals surface area contributed by atoms with Gasteiger partial charge in [-0.2, -0.15) is 0 Å². The molecule has 0 radical (unpaired) electrons. The van der Waals surface area contributed by atoms with E-state index < -0.39 is 0 Å². The molecule has 0 aliphatic heterocycles. The Morgan fingerprint density at radius 3 is 2.88 bits per heavy atom. The van der Waals surface area contributed by atoms with Crippen LogP contribution in [0.25, 0.3) is 0 Å². The van der Waals surface area contributed by atoms with Gasteiger partial charge in [0.25, 0.3) is 0 Å². The molecule has 2 atom stereocenters. The Morgan fingerprint density at radius 2 is 2.25 bits per heavy atom. The standard InChI is InChI=1S/C12H23N3O/c1-4-15-8-7-14-12(15)9-11(13)6-5-10(2)16-3/h7-8,10-11H,4-6,9,13H2,1-3H3. The summed E-state index contributed by atoms with van der Waals surface area (Å²) in [6.07, 6.45) is 6.95. The van der Waals surface area contributed by atoms with Crippen LogP contribution in [0.15, 0.2) is 12.4 Å². The molecule has 1 rings (SSSR count). The van der Waals surface area contributed by atoms with Gasteiger partial charge in [0, 0.05) is 38.5 Å². The van der Waals surface area contributed by atoms with Gasteiger partial charge in [-0.3, -0.25) is 0 Å². The van der Waals surface area contributed by atoms with Crippen molar-refractivity contribution in [1.82, 2.24) is 9.55 Å². The number of ether oxygens (including phenoxy) is 1. The Morgan fingerprint density at radius 1 is 1.50 bits per heavy atom. The highest BCUT2D eigenvalue weighted by Gasteiger charge is 2.10. The van der Waals surface area contributed by atoms with Gasteiger partial charge in [0.05, 0.1) is 6.10 Å². The minimum Gasteiger partial charge on any atom is -0.382 e. The van der Waals surface area contributed by atoms with Crippen LogP contribution in [0, 0.1) is 0 Å². The van der Waals surface area contributed by atoms with Gasteiger partial charge < -0.3 is 15.0 Å². The highest BCUT2D eigenvalue weighted by Crippen LogP contribution is 2.07. The zero-order valence-electron chi connectivity index (χ0n) is 10.5. The van der Waals surface area contributed by atoms with Crippen LogP contribution in [0.5, 0.6) is 0 Å². The molecule has 2 N–H and O–H groups in total. The second-order valence-corrected chi connectivity index (χ2v) is 4.22. The summed E-state index contributed by atoms with van der Waals surface area (Å²) < 4.78 is 7.34. The average molecular weight is 225 g/mol. The summed E-state index contributed by atoms with van der Waals surface area (Å²) in [6.45, 7) is 5.14. The van der Waals surface area contributed by atoms with Crippen LogP contribution < -0.4 is 5.73 Å². The summed E-state index contributed by atoms with van der Waals surface area (Å²) in [4.78, 5) is 4.33. The van der Waals surface area contributed by atoms with Crippen molar-refractivity contribution in [2.45, 2.75) is 51.8 Å². The highest BCUT2D eigenvalue weighted by molar-refractivity contribution is 4.94. The molecular weight excluding hydrogens is 202 g/mol. The SMILES string of the molecule is CCn1ccnc1CC(N)CCC(C)OC. The normalized spacial score (nSPS) is 15.0. The Labute approximate surface area is 97.8 Å². The number of hydrogen-bond acceptors (Lipinski definition) is 3. The molecule has 0 fully saturated rings. The molecule has 1 aromatic heterocycles. The molecular formula is C12H23N3O. The van der Waals surface area contributed by atoms with Gasteiger partial charge in [-0.05, 0) is 26.7 Å². The van der Waals surface area contributed by atoms with Crippen molar-refractivity contribution in [1.29, 1.82) is 0 Å². The Hall–Kier alpha value is -0.870. The summed E-state index contributed by atoms with van der Waals surface area (Å²) in [7, 11) is 1.74. The number of aromatic nitrogens is 2. The van der Waals surface area contributed by atoms with E-state index in [1.165, 1.54) is 0 Å². The van der Waals surface area contributed by atoms with Crippen LogP contribution in [0.1, 0.15) is 32.5 Å². The lowest BCUT2D eigenvalue weighted by Crippen LogP contribution is -2.26. The molecule has 0 aromatic carbocycles. The first-order valence-electron chi connectivity index (χ1n) is 5.95. The maximum absolute atomic E-state index is 6.08. The molecule has 0 amide bonds. The van der Waals surface area contributed by atoms with Crippen LogP contribution in [0.2, 0.25) is 0 Å². The van der Waals surface area contributed by atoms with Crippen molar-refractivity contribution in [3.63, 3.8) is 0 Å². The lowest BCUT2D eigenvalue weighted by atomic mass is 10.1. The topological polar surface area (TPSA) is 53.1 Å². The molecule has 4 nitrogen and oxygen atoms in total. The maximum Gasteiger partial charge on any atom is 0.110 e. The molecule has 0 spiro atoms. The molecule has 16 heavy (non-hydrogen) atoms. The van der Waals surface area contributed by atoms with Crippen LogP contribution in [-0.2, 0) is 17.7 Å². The number of rotatable bonds is 7. The van der Waals surface area contributed by atoms with E-state index in [0.29, 0.717) is 0 Å². The molecule has 1 heterocycles. The Kier molecular flexibility index (Phi) is 5.49. The smallest absolute Gasteiger partial charge is 0.110 e. The third kappa shape index (κ3) is 3.94. The molecule has 2 unspecified atom stereocenters. The Bertz CT molecular complexity index is 298. The number of hydrogen-bond donors (Lipinski definition) is 1. The van der Waals surface area contributed by atoms with E-state index in [-0.39, 0.29) is 12.1 Å². The lowest BCUT2D eigenvalue weighted by Gasteiger charge is -2.14. The van der Waals surface area contributed by atoms with Crippen molar-refractivity contribution in [3.8, 4) is 0 Å². The second kappa shape index (κ2) is 6.66. The van der Waals surface area contributed by atoms with Crippen molar-refractivity contribution in [2.24, 2.45) is 5.73 Å². The molecule has 0 aliphatic carbocycles. The van der Waals surface area contributed by atoms with E-state index in [0.717, 1.165) is 31.6 Å². The fourth-order valence-corrected chi connectivity index (χ4v) is 1.72. The van der Waals surface area contributed by atoms with Crippen LogP contribution >= 0.6 is 0 Å². The maximum atomic E-state index is 6.08. The summed E-state index contributed by atoms with van der Waals surface area (Å²) in [6, 6.07) is 0.172. The van der Waals surface area contributed by atoms with Crippen molar-refractivity contribution < 1.29 is 4.74 Å². The monoisotopic (exact) mass is 225 g/mol. The largest absolute Gasteiger partial charge is 0.382 e. The van der Waals surface area contributed by atoms with E-state index in [1.807, 2.05) is 12.4 Å². The predicted octanol–water partition coefficient (Wildman–Crippen LogP) is 1.59. The van der Waals surface area contributed by atoms with Crippen molar-refractivity contribution >= 4 is 0 Å². The van der Waals surface area contributed by atoms with E-state index in [4.69, 9.17) is 10.5 Å². The molecule has 0 saturated carbocycles. The van der Waals surface area contributed by atoms with Crippen LogP contribution in [0.4, 0.5) is 0 Å². The summed E-state index contributed by atoms with van der Waals surface area (Å²) in [5, 5.41) is 0. The second-order valence-electron chi connectivity index (χ2n) is 4.22. The third-order valence-electron chi connectivity index (χ3n) is 2.93. The number of nitrogens with two attached hydrogens (primary N) is 1. The first-order valence-corrected chi connectivity index (χ1v) is 5.95. The van der Waals surface area contributed by atoms with Crippen molar-refractivity contribution in [3.05, 3.63) is 18.2 Å². The molecule has 1 aromatic rings. The number of nitrogens with zero attached hydrogens (tertiary/aromatic N) is 2. The average Bonchev–Trinajstić information content (AvgIpc) is 2.73. The first-order chi connectivity index (χ1) is 7.67.